The Balaban J connectivity index is 2.01. The topological polar surface area (TPSA) is 20.3 Å². The number of Topliss-reactive ketones (excluding diaryl/α,β-unsaturated/α-hetero) is 1. The van der Waals surface area contributed by atoms with Gasteiger partial charge in [-0.2, -0.15) is 0 Å². The number of hydrogen-bond acceptors (Lipinski definition) is 2. The molecule has 2 nitrogen and oxygen atoms in total. The van der Waals surface area contributed by atoms with Crippen LogP contribution in [-0.4, -0.2) is 29.3 Å². The van der Waals surface area contributed by atoms with E-state index in [-0.39, 0.29) is 6.04 Å². The Morgan fingerprint density at radius 2 is 1.94 bits per heavy atom. The Labute approximate surface area is 99.4 Å². The predicted molar refractivity (Wildman–Crippen MR) is 66.4 cm³/mol. The molecule has 0 aromatic carbocycles. The summed E-state index contributed by atoms with van der Waals surface area (Å²) in [6.07, 6.45) is 8.19. The van der Waals surface area contributed by atoms with Crippen molar-refractivity contribution in [3.05, 3.63) is 0 Å². The number of carbonyl (C=O) groups is 1. The first kappa shape index (κ1) is 12.1. The molecule has 92 valence electrons. The zero-order valence-electron chi connectivity index (χ0n) is 10.7. The zero-order chi connectivity index (χ0) is 11.5. The lowest BCUT2D eigenvalue weighted by atomic mass is 10.0. The highest BCUT2D eigenvalue weighted by Gasteiger charge is 2.37. The lowest BCUT2D eigenvalue weighted by molar-refractivity contribution is -0.124. The van der Waals surface area contributed by atoms with Gasteiger partial charge in [-0.3, -0.25) is 9.69 Å². The molecule has 2 aliphatic carbocycles. The first-order chi connectivity index (χ1) is 7.68. The third-order valence-electron chi connectivity index (χ3n) is 3.76. The maximum absolute atomic E-state index is 12.1. The third kappa shape index (κ3) is 3.07. The van der Waals surface area contributed by atoms with Crippen molar-refractivity contribution in [2.75, 3.05) is 6.54 Å². The van der Waals surface area contributed by atoms with Crippen LogP contribution >= 0.6 is 0 Å². The van der Waals surface area contributed by atoms with Crippen molar-refractivity contribution in [3.63, 3.8) is 0 Å². The van der Waals surface area contributed by atoms with Crippen molar-refractivity contribution in [1.29, 1.82) is 0 Å². The van der Waals surface area contributed by atoms with Crippen LogP contribution in [-0.2, 0) is 4.79 Å². The van der Waals surface area contributed by atoms with E-state index in [0.29, 0.717) is 11.7 Å². The summed E-state index contributed by atoms with van der Waals surface area (Å²) >= 11 is 0. The number of nitrogens with zero attached hydrogens (tertiary/aromatic N) is 1. The van der Waals surface area contributed by atoms with Crippen LogP contribution < -0.4 is 0 Å². The molecule has 0 aliphatic heterocycles. The second-order valence-electron chi connectivity index (χ2n) is 5.90. The number of ketones is 1. The Morgan fingerprint density at radius 3 is 2.56 bits per heavy atom. The summed E-state index contributed by atoms with van der Waals surface area (Å²) in [5, 5.41) is 0. The van der Waals surface area contributed by atoms with Crippen molar-refractivity contribution < 1.29 is 4.79 Å². The lowest BCUT2D eigenvalue weighted by Gasteiger charge is -2.31. The minimum atomic E-state index is 0.261. The molecule has 2 saturated carbocycles. The number of carbonyl (C=O) groups excluding carboxylic acids is 1. The summed E-state index contributed by atoms with van der Waals surface area (Å²) in [6, 6.07) is 0.992. The molecule has 0 bridgehead atoms. The van der Waals surface area contributed by atoms with Crippen molar-refractivity contribution in [1.82, 2.24) is 4.90 Å². The van der Waals surface area contributed by atoms with E-state index in [1.54, 1.807) is 0 Å². The maximum atomic E-state index is 12.1. The molecule has 0 radical (unpaired) electrons. The molecule has 0 saturated heterocycles. The van der Waals surface area contributed by atoms with Gasteiger partial charge in [0.1, 0.15) is 5.78 Å². The highest BCUT2D eigenvalue weighted by atomic mass is 16.1. The van der Waals surface area contributed by atoms with Crippen LogP contribution in [0.2, 0.25) is 0 Å². The summed E-state index contributed by atoms with van der Waals surface area (Å²) in [5.41, 5.74) is 0. The average molecular weight is 223 g/mol. The molecule has 0 N–H and O–H groups in total. The van der Waals surface area contributed by atoms with E-state index >= 15 is 0 Å². The van der Waals surface area contributed by atoms with Crippen LogP contribution in [0.4, 0.5) is 0 Å². The van der Waals surface area contributed by atoms with Gasteiger partial charge in [0.2, 0.25) is 0 Å². The van der Waals surface area contributed by atoms with Crippen LogP contribution in [0.1, 0.15) is 58.8 Å². The molecule has 0 spiro atoms. The van der Waals surface area contributed by atoms with E-state index in [1.807, 2.05) is 0 Å². The molecule has 1 unspecified atom stereocenters. The fraction of sp³-hybridized carbons (Fsp3) is 0.929. The quantitative estimate of drug-likeness (QED) is 0.683. The summed E-state index contributed by atoms with van der Waals surface area (Å²) in [4.78, 5) is 14.7. The smallest absolute Gasteiger partial charge is 0.149 e. The van der Waals surface area contributed by atoms with Gasteiger partial charge in [0, 0.05) is 19.0 Å². The first-order valence-electron chi connectivity index (χ1n) is 6.97. The van der Waals surface area contributed by atoms with Crippen LogP contribution in [0.25, 0.3) is 0 Å². The predicted octanol–water partition coefficient (Wildman–Crippen LogP) is 3.01. The fourth-order valence-corrected chi connectivity index (χ4v) is 2.85. The molecule has 2 aliphatic rings. The van der Waals surface area contributed by atoms with Gasteiger partial charge >= 0.3 is 0 Å². The van der Waals surface area contributed by atoms with Gasteiger partial charge < -0.3 is 0 Å². The lowest BCUT2D eigenvalue weighted by Crippen LogP contribution is -2.44. The van der Waals surface area contributed by atoms with E-state index in [4.69, 9.17) is 0 Å². The van der Waals surface area contributed by atoms with Crippen molar-refractivity contribution in [2.24, 2.45) is 5.92 Å². The van der Waals surface area contributed by atoms with Gasteiger partial charge in [0.25, 0.3) is 0 Å². The third-order valence-corrected chi connectivity index (χ3v) is 3.76. The molecule has 2 fully saturated rings. The van der Waals surface area contributed by atoms with Crippen LogP contribution in [0.3, 0.4) is 0 Å². The molecule has 16 heavy (non-hydrogen) atoms. The molecule has 0 amide bonds. The Hall–Kier alpha value is -0.370. The number of hydrogen-bond donors (Lipinski definition) is 0. The molecule has 0 aromatic heterocycles. The molecular formula is C14H25NO. The van der Waals surface area contributed by atoms with Gasteiger partial charge in [0.05, 0.1) is 6.04 Å². The Morgan fingerprint density at radius 1 is 1.19 bits per heavy atom. The normalized spacial score (nSPS) is 27.5. The van der Waals surface area contributed by atoms with E-state index in [0.717, 1.165) is 31.8 Å². The van der Waals surface area contributed by atoms with Crippen LogP contribution in [0, 0.1) is 5.92 Å². The number of rotatable bonds is 4. The van der Waals surface area contributed by atoms with Gasteiger partial charge in [-0.05, 0) is 31.6 Å². The highest BCUT2D eigenvalue weighted by Crippen LogP contribution is 2.32. The fourth-order valence-electron chi connectivity index (χ4n) is 2.85. The summed E-state index contributed by atoms with van der Waals surface area (Å²) in [7, 11) is 0. The second kappa shape index (κ2) is 5.31. The van der Waals surface area contributed by atoms with Crippen molar-refractivity contribution in [2.45, 2.75) is 70.9 Å². The largest absolute Gasteiger partial charge is 0.298 e. The van der Waals surface area contributed by atoms with Crippen LogP contribution in [0.5, 0.6) is 0 Å². The van der Waals surface area contributed by atoms with Crippen molar-refractivity contribution >= 4 is 5.78 Å². The zero-order valence-corrected chi connectivity index (χ0v) is 10.7. The monoisotopic (exact) mass is 223 g/mol. The summed E-state index contributed by atoms with van der Waals surface area (Å²) in [6.45, 7) is 5.63. The van der Waals surface area contributed by atoms with E-state index in [2.05, 4.69) is 18.7 Å². The molecule has 0 aromatic rings. The molecule has 2 heteroatoms. The molecular weight excluding hydrogens is 198 g/mol. The van der Waals surface area contributed by atoms with Crippen LogP contribution in [0.15, 0.2) is 0 Å². The molecule has 2 rings (SSSR count). The second-order valence-corrected chi connectivity index (χ2v) is 5.90. The highest BCUT2D eigenvalue weighted by molar-refractivity contribution is 5.84. The van der Waals surface area contributed by atoms with Gasteiger partial charge in [-0.25, -0.2) is 0 Å². The van der Waals surface area contributed by atoms with Gasteiger partial charge in [0.15, 0.2) is 0 Å². The van der Waals surface area contributed by atoms with E-state index < -0.39 is 0 Å². The minimum absolute atomic E-state index is 0.261. The first-order valence-corrected chi connectivity index (χ1v) is 6.97. The summed E-state index contributed by atoms with van der Waals surface area (Å²) in [5.74, 6) is 1.20. The maximum Gasteiger partial charge on any atom is 0.149 e. The van der Waals surface area contributed by atoms with Gasteiger partial charge in [-0.1, -0.05) is 26.7 Å². The van der Waals surface area contributed by atoms with E-state index in [1.165, 1.54) is 25.7 Å². The summed E-state index contributed by atoms with van der Waals surface area (Å²) < 4.78 is 0. The van der Waals surface area contributed by atoms with Gasteiger partial charge in [-0.15, -0.1) is 0 Å². The SMILES string of the molecule is CC(C)CN(C1CC1)C1CCCCCC1=O. The Kier molecular flexibility index (Phi) is 4.01. The molecule has 0 heterocycles. The standard InChI is InChI=1S/C14H25NO/c1-11(2)10-15(12-8-9-12)13-6-4-3-5-7-14(13)16/h11-13H,3-10H2,1-2H3. The Bertz CT molecular complexity index is 245. The van der Waals surface area contributed by atoms with Crippen molar-refractivity contribution in [3.8, 4) is 0 Å². The molecule has 1 atom stereocenters. The van der Waals surface area contributed by atoms with E-state index in [9.17, 15) is 4.79 Å². The minimum Gasteiger partial charge on any atom is -0.298 e. The average Bonchev–Trinajstić information content (AvgIpc) is 3.01.